The first-order chi connectivity index (χ1) is 15.9. The molecule has 3 heterocycles. The average Bonchev–Trinajstić information content (AvgIpc) is 3.13. The topological polar surface area (TPSA) is 96.3 Å². The van der Waals surface area contributed by atoms with E-state index in [1.165, 1.54) is 6.08 Å². The Morgan fingerprint density at radius 2 is 2.06 bits per heavy atom. The maximum absolute atomic E-state index is 12.9. The Hall–Kier alpha value is -3.46. The monoisotopic (exact) mass is 509 g/mol. The number of likely N-dealkylation sites (tertiary alicyclic amines) is 1. The van der Waals surface area contributed by atoms with Crippen LogP contribution in [0.25, 0.3) is 10.9 Å². The highest BCUT2D eigenvalue weighted by molar-refractivity contribution is 9.10. The minimum absolute atomic E-state index is 0.0763. The van der Waals surface area contributed by atoms with Gasteiger partial charge >= 0.3 is 0 Å². The second kappa shape index (κ2) is 9.99. The lowest BCUT2D eigenvalue weighted by Gasteiger charge is -2.38. The number of pyridine rings is 1. The Balaban J connectivity index is 1.42. The number of hydrogen-bond donors (Lipinski definition) is 2. The molecule has 0 atom stereocenters. The molecule has 3 aromatic rings. The molecule has 1 fully saturated rings. The van der Waals surface area contributed by atoms with Crippen molar-refractivity contribution in [3.63, 3.8) is 0 Å². The zero-order valence-corrected chi connectivity index (χ0v) is 19.5. The van der Waals surface area contributed by atoms with Gasteiger partial charge in [0, 0.05) is 53.6 Å². The molecule has 1 aliphatic heterocycles. The number of hydrogen-bond acceptors (Lipinski definition) is 4. The first-order valence-electron chi connectivity index (χ1n) is 10.6. The summed E-state index contributed by atoms with van der Waals surface area (Å²) in [7, 11) is 0. The lowest BCUT2D eigenvalue weighted by atomic mass is 10.1. The molecule has 1 aliphatic rings. The highest BCUT2D eigenvalue weighted by Crippen LogP contribution is 2.25. The van der Waals surface area contributed by atoms with Crippen molar-refractivity contribution in [1.29, 1.82) is 0 Å². The summed E-state index contributed by atoms with van der Waals surface area (Å²) < 4.78 is 2.63. The highest BCUT2D eigenvalue weighted by Gasteiger charge is 2.30. The van der Waals surface area contributed by atoms with E-state index < -0.39 is 0 Å². The van der Waals surface area contributed by atoms with Gasteiger partial charge in [0.1, 0.15) is 6.54 Å². The summed E-state index contributed by atoms with van der Waals surface area (Å²) in [5, 5.41) is 6.66. The van der Waals surface area contributed by atoms with E-state index in [2.05, 4.69) is 38.1 Å². The third-order valence-corrected chi connectivity index (χ3v) is 6.05. The lowest BCUT2D eigenvalue weighted by molar-refractivity contribution is -0.133. The van der Waals surface area contributed by atoms with Crippen molar-refractivity contribution in [3.8, 4) is 0 Å². The predicted molar refractivity (Wildman–Crippen MR) is 129 cm³/mol. The summed E-state index contributed by atoms with van der Waals surface area (Å²) in [5.41, 5.74) is 2.35. The normalized spacial score (nSPS) is 13.4. The Morgan fingerprint density at radius 1 is 1.24 bits per heavy atom. The number of halogens is 1. The fourth-order valence-corrected chi connectivity index (χ4v) is 4.21. The van der Waals surface area contributed by atoms with Gasteiger partial charge in [0.15, 0.2) is 0 Å². The van der Waals surface area contributed by atoms with Gasteiger partial charge in [0.2, 0.25) is 11.8 Å². The molecule has 8 nitrogen and oxygen atoms in total. The fraction of sp³-hybridized carbons (Fsp3) is 0.250. The van der Waals surface area contributed by atoms with Gasteiger partial charge < -0.3 is 20.1 Å². The second-order valence-electron chi connectivity index (χ2n) is 7.91. The molecule has 0 unspecified atom stereocenters. The van der Waals surface area contributed by atoms with Crippen LogP contribution in [0, 0.1) is 0 Å². The molecule has 1 aromatic carbocycles. The molecule has 0 spiro atoms. The van der Waals surface area contributed by atoms with Crippen LogP contribution < -0.4 is 10.6 Å². The van der Waals surface area contributed by atoms with Gasteiger partial charge in [-0.25, -0.2) is 0 Å². The minimum atomic E-state index is -0.196. The number of nitrogens with zero attached hydrogens (tertiary/aromatic N) is 3. The molecule has 0 bridgehead atoms. The predicted octanol–water partition coefficient (Wildman–Crippen LogP) is 2.28. The van der Waals surface area contributed by atoms with E-state index in [0.717, 1.165) is 20.9 Å². The number of carbonyl (C=O) groups excluding carboxylic acids is 3. The molecule has 0 radical (unpaired) electrons. The van der Waals surface area contributed by atoms with E-state index in [-0.39, 0.29) is 30.3 Å². The van der Waals surface area contributed by atoms with E-state index in [1.54, 1.807) is 28.1 Å². The first-order valence-corrected chi connectivity index (χ1v) is 11.4. The summed E-state index contributed by atoms with van der Waals surface area (Å²) in [6.07, 6.45) is 7.15. The number of aromatic nitrogens is 2. The van der Waals surface area contributed by atoms with Crippen LogP contribution in [0.15, 0.2) is 66.1 Å². The Morgan fingerprint density at radius 3 is 2.79 bits per heavy atom. The first kappa shape index (κ1) is 22.7. The van der Waals surface area contributed by atoms with Crippen LogP contribution in [0.5, 0.6) is 0 Å². The van der Waals surface area contributed by atoms with Gasteiger partial charge in [-0.1, -0.05) is 28.6 Å². The standard InChI is InChI=1S/C24H24BrN5O3/c1-2-23(32)30-12-18(13-30)28-22(31)15-29-14-20(19-10-17(25)5-6-21(19)29)24(33)27-9-7-16-4-3-8-26-11-16/h2-6,8,10-11,14,18H,1,7,9,12-13,15H2,(H,27,33)(H,28,31). The van der Waals surface area contributed by atoms with Crippen LogP contribution in [-0.4, -0.2) is 57.8 Å². The number of carbonyl (C=O) groups is 3. The molecule has 1 saturated heterocycles. The van der Waals surface area contributed by atoms with Gasteiger partial charge in [-0.15, -0.1) is 0 Å². The zero-order valence-electron chi connectivity index (χ0n) is 18.0. The highest BCUT2D eigenvalue weighted by atomic mass is 79.9. The molecule has 170 valence electrons. The third-order valence-electron chi connectivity index (χ3n) is 5.56. The van der Waals surface area contributed by atoms with E-state index in [4.69, 9.17) is 0 Å². The van der Waals surface area contributed by atoms with Crippen LogP contribution in [0.2, 0.25) is 0 Å². The molecule has 3 amide bonds. The average molecular weight is 510 g/mol. The van der Waals surface area contributed by atoms with E-state index in [0.29, 0.717) is 31.6 Å². The molecule has 33 heavy (non-hydrogen) atoms. The van der Waals surface area contributed by atoms with Crippen molar-refractivity contribution in [2.24, 2.45) is 0 Å². The van der Waals surface area contributed by atoms with Gasteiger partial charge in [0.05, 0.1) is 11.6 Å². The van der Waals surface area contributed by atoms with Crippen molar-refractivity contribution in [1.82, 2.24) is 25.1 Å². The lowest BCUT2D eigenvalue weighted by Crippen LogP contribution is -2.61. The molecule has 2 aromatic heterocycles. The SMILES string of the molecule is C=CC(=O)N1CC(NC(=O)Cn2cc(C(=O)NCCc3cccnc3)c3cc(Br)ccc32)C1. The largest absolute Gasteiger partial charge is 0.352 e. The fourth-order valence-electron chi connectivity index (χ4n) is 3.85. The van der Waals surface area contributed by atoms with E-state index in [9.17, 15) is 14.4 Å². The van der Waals surface area contributed by atoms with Crippen LogP contribution >= 0.6 is 15.9 Å². The quantitative estimate of drug-likeness (QED) is 0.455. The number of benzene rings is 1. The van der Waals surface area contributed by atoms with E-state index >= 15 is 0 Å². The van der Waals surface area contributed by atoms with E-state index in [1.807, 2.05) is 30.3 Å². The molecular weight excluding hydrogens is 486 g/mol. The molecule has 4 rings (SSSR count). The number of rotatable bonds is 8. The van der Waals surface area contributed by atoms with Crippen LogP contribution in [0.3, 0.4) is 0 Å². The van der Waals surface area contributed by atoms with Crippen LogP contribution in [0.4, 0.5) is 0 Å². The summed E-state index contributed by atoms with van der Waals surface area (Å²) in [5.74, 6) is -0.505. The molecule has 2 N–H and O–H groups in total. The third kappa shape index (κ3) is 5.31. The van der Waals surface area contributed by atoms with Crippen molar-refractivity contribution < 1.29 is 14.4 Å². The number of fused-ring (bicyclic) bond motifs is 1. The summed E-state index contributed by atoms with van der Waals surface area (Å²) >= 11 is 3.47. The summed E-state index contributed by atoms with van der Waals surface area (Å²) in [4.78, 5) is 42.8. The number of nitrogens with one attached hydrogen (secondary N) is 2. The molecule has 0 saturated carbocycles. The van der Waals surface area contributed by atoms with Gasteiger partial charge in [0.25, 0.3) is 5.91 Å². The van der Waals surface area contributed by atoms with Crippen LogP contribution in [-0.2, 0) is 22.6 Å². The Labute approximate surface area is 199 Å². The maximum Gasteiger partial charge on any atom is 0.253 e. The van der Waals surface area contributed by atoms with Gasteiger partial charge in [-0.05, 0) is 42.3 Å². The zero-order chi connectivity index (χ0) is 23.4. The van der Waals surface area contributed by atoms with Crippen LogP contribution in [0.1, 0.15) is 15.9 Å². The molecule has 0 aliphatic carbocycles. The minimum Gasteiger partial charge on any atom is -0.352 e. The summed E-state index contributed by atoms with van der Waals surface area (Å²) in [6.45, 7) is 4.97. The van der Waals surface area contributed by atoms with Crippen molar-refractivity contribution in [2.75, 3.05) is 19.6 Å². The molecular formula is C24H24BrN5O3. The molecule has 9 heteroatoms. The smallest absolute Gasteiger partial charge is 0.253 e. The second-order valence-corrected chi connectivity index (χ2v) is 8.83. The summed E-state index contributed by atoms with van der Waals surface area (Å²) in [6, 6.07) is 9.40. The van der Waals surface area contributed by atoms with Crippen molar-refractivity contribution >= 4 is 44.6 Å². The Kier molecular flexibility index (Phi) is 6.88. The van der Waals surface area contributed by atoms with Crippen molar-refractivity contribution in [2.45, 2.75) is 19.0 Å². The number of amides is 3. The van der Waals surface area contributed by atoms with Gasteiger partial charge in [-0.2, -0.15) is 0 Å². The van der Waals surface area contributed by atoms with Gasteiger partial charge in [-0.3, -0.25) is 19.4 Å². The van der Waals surface area contributed by atoms with Crippen molar-refractivity contribution in [3.05, 3.63) is 77.2 Å². The Bertz CT molecular complexity index is 1200. The maximum atomic E-state index is 12.9.